The Hall–Kier alpha value is -0.230. The zero-order valence-electron chi connectivity index (χ0n) is 51.9. The molecule has 1 aromatic carbocycles. The van der Waals surface area contributed by atoms with Crippen LogP contribution >= 0.6 is 0 Å². The molecule has 450 valence electrons. The van der Waals surface area contributed by atoms with Crippen LogP contribution in [0, 0.1) is 0 Å². The fraction of sp³-hybridized carbons (Fsp3) is 0.891. The van der Waals surface area contributed by atoms with Crippen LogP contribution in [0.15, 0.2) is 24.3 Å². The molecule has 4 N–H and O–H groups in total. The molecule has 1 rings (SSSR count). The van der Waals surface area contributed by atoms with Crippen molar-refractivity contribution in [2.45, 2.75) is 290 Å². The molecule has 0 aliphatic heterocycles. The lowest BCUT2D eigenvalue weighted by atomic mass is 10.0. The van der Waals surface area contributed by atoms with Gasteiger partial charge in [0.25, 0.3) is 0 Å². The van der Waals surface area contributed by atoms with E-state index < -0.39 is 5.97 Å². The average Bonchev–Trinajstić information content (AvgIpc) is 3.29. The number of quaternary nitrogens is 3. The number of benzene rings is 1. The Morgan fingerprint density at radius 1 is 0.311 bits per heavy atom. The van der Waals surface area contributed by atoms with Gasteiger partial charge >= 0.3 is 5.97 Å². The summed E-state index contributed by atoms with van der Waals surface area (Å²) in [5.41, 5.74) is 0.179. The first-order chi connectivity index (χ1) is 33.4. The summed E-state index contributed by atoms with van der Waals surface area (Å²) in [4.78, 5) is 10.2. The van der Waals surface area contributed by atoms with Crippen LogP contribution in [0.2, 0.25) is 0 Å². The number of phenolic OH excluding ortho intramolecular Hbond substituents is 1. The van der Waals surface area contributed by atoms with Crippen molar-refractivity contribution in [3.05, 3.63) is 29.8 Å². The van der Waals surface area contributed by atoms with Crippen molar-refractivity contribution in [3.63, 3.8) is 0 Å². The fourth-order valence-corrected chi connectivity index (χ4v) is 8.95. The summed E-state index contributed by atoms with van der Waals surface area (Å²) < 4.78 is 3.37. The first-order valence-corrected chi connectivity index (χ1v) is 30.8. The van der Waals surface area contributed by atoms with Gasteiger partial charge in [0.05, 0.1) is 88.6 Å². The highest BCUT2D eigenvalue weighted by Crippen LogP contribution is 2.17. The minimum atomic E-state index is -0.986. The maximum atomic E-state index is 10.2. The number of hydrogen-bond acceptors (Lipinski definition) is 2. The zero-order valence-corrected chi connectivity index (χ0v) is 56.7. The normalized spacial score (nSPS) is 11.0. The Morgan fingerprint density at radius 3 is 0.595 bits per heavy atom. The second-order valence-electron chi connectivity index (χ2n) is 24.7. The number of nitrogens with zero attached hydrogens (tertiary/aromatic N) is 3. The topological polar surface area (TPSA) is 89.0 Å². The number of aromatic carboxylic acids is 1. The minimum Gasteiger partial charge on any atom is -1.00 e. The monoisotopic (exact) mass is 1250 g/mol. The Labute approximate surface area is 496 Å². The number of carboxylic acid groups (broad SMARTS) is 1. The summed E-state index contributed by atoms with van der Waals surface area (Å²) in [6.45, 7) is 10.9. The molecule has 0 unspecified atom stereocenters. The van der Waals surface area contributed by atoms with E-state index in [-0.39, 0.29) is 67.7 Å². The quantitative estimate of drug-likeness (QED) is 0.0504. The van der Waals surface area contributed by atoms with Gasteiger partial charge in [0.1, 0.15) is 5.75 Å². The highest BCUT2D eigenvalue weighted by molar-refractivity contribution is 5.87. The first kappa shape index (κ1) is 87.6. The highest BCUT2D eigenvalue weighted by Gasteiger charge is 2.07. The summed E-state index contributed by atoms with van der Waals surface area (Å²) in [5.74, 6) is -0.912. The van der Waals surface area contributed by atoms with Gasteiger partial charge in [-0.1, -0.05) is 252 Å². The third-order valence-corrected chi connectivity index (χ3v) is 13.7. The van der Waals surface area contributed by atoms with Gasteiger partial charge in [0.15, 0.2) is 0 Å². The summed E-state index contributed by atoms with van der Waals surface area (Å²) >= 11 is 0. The molecule has 0 saturated carbocycles. The number of carboxylic acids is 1. The molecule has 0 aliphatic rings. The lowest BCUT2D eigenvalue weighted by Gasteiger charge is -2.23. The summed E-state index contributed by atoms with van der Waals surface area (Å²) in [6, 6.07) is 5.36. The molecule has 0 heterocycles. The maximum absolute atomic E-state index is 10.2. The second kappa shape index (κ2) is 65.3. The third-order valence-electron chi connectivity index (χ3n) is 13.7. The van der Waals surface area contributed by atoms with Crippen LogP contribution in [0.3, 0.4) is 0 Å². The zero-order chi connectivity index (χ0) is 52.9. The van der Waals surface area contributed by atoms with Crippen molar-refractivity contribution >= 4 is 5.97 Å². The highest BCUT2D eigenvalue weighted by atomic mass is 79.9. The van der Waals surface area contributed by atoms with Gasteiger partial charge in [-0.15, -0.1) is 0 Å². The molecular weight excluding hydrogens is 1110 g/mol. The number of halogens is 3. The largest absolute Gasteiger partial charge is 1.00 e. The van der Waals surface area contributed by atoms with Crippen LogP contribution in [-0.4, -0.2) is 118 Å². The lowest BCUT2D eigenvalue weighted by Crippen LogP contribution is -3.00. The fourth-order valence-electron chi connectivity index (χ4n) is 8.95. The van der Waals surface area contributed by atoms with Crippen molar-refractivity contribution in [3.8, 4) is 5.75 Å². The number of unbranched alkanes of at least 4 members (excludes halogenated alkanes) is 39. The Bertz CT molecular complexity index is 1070. The van der Waals surface area contributed by atoms with E-state index >= 15 is 0 Å². The maximum Gasteiger partial charge on any atom is 0.335 e. The Morgan fingerprint density at radius 2 is 0.459 bits per heavy atom. The van der Waals surface area contributed by atoms with Crippen LogP contribution in [0.5, 0.6) is 5.75 Å². The van der Waals surface area contributed by atoms with Crippen molar-refractivity contribution < 1.29 is 84.9 Å². The van der Waals surface area contributed by atoms with Crippen molar-refractivity contribution in [2.75, 3.05) is 83.1 Å². The molecule has 0 spiro atoms. The van der Waals surface area contributed by atoms with E-state index in [1.165, 1.54) is 314 Å². The first-order valence-electron chi connectivity index (χ1n) is 30.8. The van der Waals surface area contributed by atoms with Crippen molar-refractivity contribution in [2.24, 2.45) is 0 Å². The SMILES string of the molecule is CCCCCCCCCCCCCCCC[N+](C)(C)C.CCCCCCCCCCCCCCCC[N+](C)(C)C.CCCCCCCCCCCCCCCC[N+](C)(C)C.O.O=C(O)c1ccc(O)cc1.[Br-].[Br-].[Br-]. The number of rotatable bonds is 46. The minimum absolute atomic E-state index is 0. The number of phenols is 1. The number of aromatic hydroxyl groups is 1. The number of carbonyl (C=O) groups is 1. The summed E-state index contributed by atoms with van der Waals surface area (Å²) in [5, 5.41) is 17.1. The molecule has 0 atom stereocenters. The number of hydrogen-bond donors (Lipinski definition) is 2. The van der Waals surface area contributed by atoms with Gasteiger partial charge in [0, 0.05) is 0 Å². The van der Waals surface area contributed by atoms with E-state index in [1.54, 1.807) is 0 Å². The van der Waals surface area contributed by atoms with Gasteiger partial charge in [-0.05, 0) is 62.8 Å². The molecule has 0 saturated heterocycles. The Balaban J connectivity index is -0.000000162. The molecule has 0 aliphatic carbocycles. The molecular formula is C64H134Br3N3O4. The molecule has 0 amide bonds. The van der Waals surface area contributed by atoms with Crippen LogP contribution in [0.25, 0.3) is 0 Å². The Kier molecular flexibility index (Phi) is 77.3. The summed E-state index contributed by atoms with van der Waals surface area (Å²) in [7, 11) is 20.6. The van der Waals surface area contributed by atoms with Crippen LogP contribution in [0.1, 0.15) is 301 Å². The van der Waals surface area contributed by atoms with Crippen molar-refractivity contribution in [1.29, 1.82) is 0 Å². The van der Waals surface area contributed by atoms with Gasteiger partial charge in [-0.2, -0.15) is 0 Å². The van der Waals surface area contributed by atoms with E-state index in [0.717, 1.165) is 13.4 Å². The van der Waals surface area contributed by atoms with Gasteiger partial charge < -0.3 is 80.1 Å². The molecule has 0 fully saturated rings. The third kappa shape index (κ3) is 85.7. The lowest BCUT2D eigenvalue weighted by molar-refractivity contribution is -0.870. The second-order valence-corrected chi connectivity index (χ2v) is 24.7. The average molecular weight is 1250 g/mol. The molecule has 1 aromatic rings. The van der Waals surface area contributed by atoms with Gasteiger partial charge in [-0.3, -0.25) is 0 Å². The molecule has 10 heteroatoms. The smallest absolute Gasteiger partial charge is 0.335 e. The molecule has 0 aromatic heterocycles. The standard InChI is InChI=1S/3C19H42N.C7H6O3.3BrH.H2O/c3*1-5-6-7-8-9-10-11-12-13-14-15-16-17-18-19-20(2,3)4;8-6-3-1-5(2-4-6)7(9)10;;;;/h3*5-19H2,1-4H3;1-4,8H,(H,9,10);3*1H;1H2/q3*+1;;;;;/p-3. The van der Waals surface area contributed by atoms with E-state index in [0.29, 0.717) is 0 Å². The summed E-state index contributed by atoms with van der Waals surface area (Å²) in [6.07, 6.45) is 61.1. The molecule has 0 radical (unpaired) electrons. The van der Waals surface area contributed by atoms with Gasteiger partial charge in [-0.25, -0.2) is 4.79 Å². The van der Waals surface area contributed by atoms with E-state index in [4.69, 9.17) is 10.2 Å². The molecule has 0 bridgehead atoms. The molecule has 74 heavy (non-hydrogen) atoms. The molecule has 7 nitrogen and oxygen atoms in total. The predicted molar refractivity (Wildman–Crippen MR) is 318 cm³/mol. The van der Waals surface area contributed by atoms with Crippen molar-refractivity contribution in [1.82, 2.24) is 0 Å². The van der Waals surface area contributed by atoms with Crippen LogP contribution in [-0.2, 0) is 0 Å². The van der Waals surface area contributed by atoms with E-state index in [2.05, 4.69) is 84.2 Å². The van der Waals surface area contributed by atoms with Gasteiger partial charge in [0.2, 0.25) is 0 Å². The van der Waals surface area contributed by atoms with Crippen LogP contribution < -0.4 is 50.9 Å². The predicted octanol–water partition coefficient (Wildman–Crippen LogP) is 9.80. The van der Waals surface area contributed by atoms with E-state index in [9.17, 15) is 4.79 Å². The van der Waals surface area contributed by atoms with Crippen LogP contribution in [0.4, 0.5) is 0 Å². The van der Waals surface area contributed by atoms with E-state index in [1.807, 2.05) is 0 Å².